The summed E-state index contributed by atoms with van der Waals surface area (Å²) in [5.74, 6) is 2.40. The average molecular weight is 181 g/mol. The van der Waals surface area contributed by atoms with Gasteiger partial charge in [0.25, 0.3) is 0 Å². The molecule has 0 spiro atoms. The van der Waals surface area contributed by atoms with Gasteiger partial charge in [-0.2, -0.15) is 0 Å². The maximum Gasteiger partial charge on any atom is 0.312 e. The topological polar surface area (TPSA) is 38.3 Å². The molecule has 1 rings (SSSR count). The van der Waals surface area contributed by atoms with Crippen molar-refractivity contribution in [3.8, 4) is 12.3 Å². The van der Waals surface area contributed by atoms with Crippen molar-refractivity contribution >= 4 is 5.97 Å². The minimum absolute atomic E-state index is 0.160. The summed E-state index contributed by atoms with van der Waals surface area (Å²) in [6, 6.07) is 0. The second kappa shape index (κ2) is 4.29. The molecule has 3 nitrogen and oxygen atoms in total. The fourth-order valence-electron chi connectivity index (χ4n) is 1.77. The van der Waals surface area contributed by atoms with E-state index in [0.717, 1.165) is 25.9 Å². The largest absolute Gasteiger partial charge is 0.469 e. The number of methoxy groups -OCH3 is 1. The van der Waals surface area contributed by atoms with Gasteiger partial charge in [-0.15, -0.1) is 12.3 Å². The number of ether oxygens (including phenoxy) is 1. The van der Waals surface area contributed by atoms with Crippen LogP contribution >= 0.6 is 0 Å². The van der Waals surface area contributed by atoms with Gasteiger partial charge in [-0.05, 0) is 25.9 Å². The fourth-order valence-corrected chi connectivity index (χ4v) is 1.77. The highest BCUT2D eigenvalue weighted by Gasteiger charge is 2.39. The highest BCUT2D eigenvalue weighted by molar-refractivity contribution is 5.77. The van der Waals surface area contributed by atoms with Gasteiger partial charge in [0, 0.05) is 6.42 Å². The molecule has 0 aliphatic carbocycles. The third-order valence-corrected chi connectivity index (χ3v) is 2.62. The first-order valence-corrected chi connectivity index (χ1v) is 4.48. The molecule has 0 unspecified atom stereocenters. The molecule has 0 radical (unpaired) electrons. The Kier molecular flexibility index (Phi) is 3.32. The van der Waals surface area contributed by atoms with Crippen LogP contribution in [0.1, 0.15) is 19.3 Å². The number of hydrogen-bond acceptors (Lipinski definition) is 3. The van der Waals surface area contributed by atoms with E-state index in [1.54, 1.807) is 0 Å². The third kappa shape index (κ3) is 2.02. The predicted molar refractivity (Wildman–Crippen MR) is 50.0 cm³/mol. The highest BCUT2D eigenvalue weighted by atomic mass is 16.5. The number of carbonyl (C=O) groups is 1. The Bertz CT molecular complexity index is 224. The summed E-state index contributed by atoms with van der Waals surface area (Å²) in [5, 5.41) is 3.20. The molecule has 1 N–H and O–H groups in total. The van der Waals surface area contributed by atoms with Crippen LogP contribution in [0.25, 0.3) is 0 Å². The van der Waals surface area contributed by atoms with Crippen molar-refractivity contribution in [2.24, 2.45) is 5.41 Å². The molecule has 0 aromatic carbocycles. The first-order chi connectivity index (χ1) is 6.25. The van der Waals surface area contributed by atoms with Crippen LogP contribution in [0.3, 0.4) is 0 Å². The molecule has 1 fully saturated rings. The molecule has 1 aliphatic rings. The standard InChI is InChI=1S/C10H15NO2/c1-3-4-10(9(12)13-2)5-7-11-8-6-10/h1,11H,4-8H2,2H3. The second-order valence-corrected chi connectivity index (χ2v) is 3.40. The van der Waals surface area contributed by atoms with E-state index in [0.29, 0.717) is 6.42 Å². The molecule has 13 heavy (non-hydrogen) atoms. The van der Waals surface area contributed by atoms with Gasteiger partial charge in [-0.1, -0.05) is 0 Å². The lowest BCUT2D eigenvalue weighted by Crippen LogP contribution is -2.42. The summed E-state index contributed by atoms with van der Waals surface area (Å²) < 4.78 is 4.78. The van der Waals surface area contributed by atoms with E-state index in [1.807, 2.05) is 0 Å². The van der Waals surface area contributed by atoms with Crippen LogP contribution in [-0.4, -0.2) is 26.2 Å². The van der Waals surface area contributed by atoms with Gasteiger partial charge >= 0.3 is 5.97 Å². The zero-order valence-corrected chi connectivity index (χ0v) is 7.93. The zero-order chi connectivity index (χ0) is 9.73. The molecule has 0 aromatic rings. The number of carbonyl (C=O) groups excluding carboxylic acids is 1. The van der Waals surface area contributed by atoms with Gasteiger partial charge in [0.05, 0.1) is 12.5 Å². The molecule has 0 saturated carbocycles. The Morgan fingerprint density at radius 1 is 1.62 bits per heavy atom. The van der Waals surface area contributed by atoms with Crippen molar-refractivity contribution in [2.45, 2.75) is 19.3 Å². The first-order valence-electron chi connectivity index (χ1n) is 4.48. The van der Waals surface area contributed by atoms with E-state index in [-0.39, 0.29) is 5.97 Å². The zero-order valence-electron chi connectivity index (χ0n) is 7.93. The number of nitrogens with one attached hydrogen (secondary N) is 1. The maximum atomic E-state index is 11.5. The Balaban J connectivity index is 2.73. The van der Waals surface area contributed by atoms with E-state index in [9.17, 15) is 4.79 Å². The Labute approximate surface area is 78.8 Å². The summed E-state index contributed by atoms with van der Waals surface area (Å²) in [6.45, 7) is 1.69. The summed E-state index contributed by atoms with van der Waals surface area (Å²) in [7, 11) is 1.42. The van der Waals surface area contributed by atoms with Crippen molar-refractivity contribution in [2.75, 3.05) is 20.2 Å². The van der Waals surface area contributed by atoms with Crippen LogP contribution in [0, 0.1) is 17.8 Å². The molecule has 0 atom stereocenters. The minimum Gasteiger partial charge on any atom is -0.469 e. The predicted octanol–water partition coefficient (Wildman–Crippen LogP) is 0.552. The molecule has 1 heterocycles. The quantitative estimate of drug-likeness (QED) is 0.499. The Morgan fingerprint density at radius 3 is 2.69 bits per heavy atom. The van der Waals surface area contributed by atoms with Gasteiger partial charge in [-0.25, -0.2) is 0 Å². The Hall–Kier alpha value is -1.01. The highest BCUT2D eigenvalue weighted by Crippen LogP contribution is 2.33. The van der Waals surface area contributed by atoms with Gasteiger partial charge in [0.1, 0.15) is 0 Å². The van der Waals surface area contributed by atoms with Gasteiger partial charge in [0.2, 0.25) is 0 Å². The van der Waals surface area contributed by atoms with E-state index >= 15 is 0 Å². The van der Waals surface area contributed by atoms with Crippen LogP contribution in [0.2, 0.25) is 0 Å². The SMILES string of the molecule is C#CCC1(C(=O)OC)CCNCC1. The maximum absolute atomic E-state index is 11.5. The van der Waals surface area contributed by atoms with Crippen LogP contribution in [0.4, 0.5) is 0 Å². The van der Waals surface area contributed by atoms with E-state index in [1.165, 1.54) is 7.11 Å². The molecule has 1 aliphatic heterocycles. The molecule has 72 valence electrons. The molecule has 0 amide bonds. The molecule has 0 aromatic heterocycles. The number of esters is 1. The number of hydrogen-bond donors (Lipinski definition) is 1. The lowest BCUT2D eigenvalue weighted by Gasteiger charge is -2.33. The van der Waals surface area contributed by atoms with Gasteiger partial charge in [0.15, 0.2) is 0 Å². The molecule has 1 saturated heterocycles. The number of rotatable bonds is 2. The van der Waals surface area contributed by atoms with Crippen LogP contribution in [-0.2, 0) is 9.53 Å². The summed E-state index contributed by atoms with van der Waals surface area (Å²) in [6.07, 6.45) is 7.31. The summed E-state index contributed by atoms with van der Waals surface area (Å²) in [4.78, 5) is 11.5. The molecule has 3 heteroatoms. The lowest BCUT2D eigenvalue weighted by atomic mass is 9.76. The van der Waals surface area contributed by atoms with Gasteiger partial charge in [-0.3, -0.25) is 4.79 Å². The van der Waals surface area contributed by atoms with E-state index < -0.39 is 5.41 Å². The lowest BCUT2D eigenvalue weighted by molar-refractivity contribution is -0.154. The van der Waals surface area contributed by atoms with E-state index in [4.69, 9.17) is 11.2 Å². The number of terminal acetylenes is 1. The van der Waals surface area contributed by atoms with Crippen molar-refractivity contribution in [3.05, 3.63) is 0 Å². The van der Waals surface area contributed by atoms with Crippen LogP contribution in [0.15, 0.2) is 0 Å². The summed E-state index contributed by atoms with van der Waals surface area (Å²) in [5.41, 5.74) is -0.422. The van der Waals surface area contributed by atoms with Crippen LogP contribution in [0.5, 0.6) is 0 Å². The van der Waals surface area contributed by atoms with Crippen molar-refractivity contribution in [1.29, 1.82) is 0 Å². The van der Waals surface area contributed by atoms with Crippen molar-refractivity contribution < 1.29 is 9.53 Å². The summed E-state index contributed by atoms with van der Waals surface area (Å²) >= 11 is 0. The molecular formula is C10H15NO2. The minimum atomic E-state index is -0.422. The Morgan fingerprint density at radius 2 is 2.23 bits per heavy atom. The average Bonchev–Trinajstić information content (AvgIpc) is 2.18. The first kappa shape index (κ1) is 10.1. The fraction of sp³-hybridized carbons (Fsp3) is 0.700. The van der Waals surface area contributed by atoms with Crippen molar-refractivity contribution in [1.82, 2.24) is 5.32 Å². The monoisotopic (exact) mass is 181 g/mol. The second-order valence-electron chi connectivity index (χ2n) is 3.40. The number of piperidine rings is 1. The smallest absolute Gasteiger partial charge is 0.312 e. The van der Waals surface area contributed by atoms with Crippen molar-refractivity contribution in [3.63, 3.8) is 0 Å². The third-order valence-electron chi connectivity index (χ3n) is 2.62. The van der Waals surface area contributed by atoms with Crippen LogP contribution < -0.4 is 5.32 Å². The molecular weight excluding hydrogens is 166 g/mol. The van der Waals surface area contributed by atoms with E-state index in [2.05, 4.69) is 11.2 Å². The normalized spacial score (nSPS) is 20.3. The molecule has 0 bridgehead atoms. The van der Waals surface area contributed by atoms with Gasteiger partial charge < -0.3 is 10.1 Å².